The van der Waals surface area contributed by atoms with Crippen molar-refractivity contribution in [2.45, 2.75) is 13.0 Å². The van der Waals surface area contributed by atoms with Crippen molar-refractivity contribution in [1.82, 2.24) is 4.98 Å². The van der Waals surface area contributed by atoms with Crippen LogP contribution >= 0.6 is 0 Å². The number of hydrogen-bond donors (Lipinski definition) is 1. The molecule has 0 spiro atoms. The summed E-state index contributed by atoms with van der Waals surface area (Å²) >= 11 is 0. The Hall–Kier alpha value is -4.13. The molecule has 1 aliphatic rings. The Morgan fingerprint density at radius 1 is 1.03 bits per heavy atom. The zero-order chi connectivity index (χ0) is 22.8. The number of ether oxygens (including phenoxy) is 2. The van der Waals surface area contributed by atoms with E-state index in [1.54, 1.807) is 48.7 Å². The highest BCUT2D eigenvalue weighted by Crippen LogP contribution is 2.45. The fourth-order valence-corrected chi connectivity index (χ4v) is 3.80. The van der Waals surface area contributed by atoms with Crippen LogP contribution in [-0.4, -0.2) is 36.0 Å². The summed E-state index contributed by atoms with van der Waals surface area (Å²) in [5.74, 6) is -0.815. The molecule has 1 aliphatic heterocycles. The maximum atomic E-state index is 13.2. The smallest absolute Gasteiger partial charge is 0.300 e. The van der Waals surface area contributed by atoms with Crippen molar-refractivity contribution in [3.05, 3.63) is 89.3 Å². The van der Waals surface area contributed by atoms with Gasteiger partial charge in [-0.1, -0.05) is 29.8 Å². The molecule has 0 bridgehead atoms. The van der Waals surface area contributed by atoms with Gasteiger partial charge in [-0.05, 0) is 31.2 Å². The van der Waals surface area contributed by atoms with Crippen molar-refractivity contribution in [3.63, 3.8) is 0 Å². The molecule has 32 heavy (non-hydrogen) atoms. The lowest BCUT2D eigenvalue weighted by molar-refractivity contribution is -0.132. The first-order chi connectivity index (χ1) is 15.5. The van der Waals surface area contributed by atoms with Crippen molar-refractivity contribution in [1.29, 1.82) is 0 Å². The Bertz CT molecular complexity index is 1200. The highest BCUT2D eigenvalue weighted by molar-refractivity contribution is 6.51. The second-order valence-electron chi connectivity index (χ2n) is 7.35. The fraction of sp³-hybridized carbons (Fsp3) is 0.160. The average Bonchev–Trinajstić information content (AvgIpc) is 3.09. The maximum Gasteiger partial charge on any atom is 0.300 e. The van der Waals surface area contributed by atoms with E-state index in [1.807, 2.05) is 19.1 Å². The first-order valence-electron chi connectivity index (χ1n) is 9.96. The van der Waals surface area contributed by atoms with Crippen LogP contribution < -0.4 is 14.4 Å². The molecule has 2 heterocycles. The SMILES string of the molecule is COc1ccc([C@H]2C(=C(O)c3ccc(C)cc3)C(=O)C(=O)N2c2cccnc2)c(OC)c1. The highest BCUT2D eigenvalue weighted by atomic mass is 16.5. The fourth-order valence-electron chi connectivity index (χ4n) is 3.80. The van der Waals surface area contributed by atoms with Gasteiger partial charge >= 0.3 is 0 Å². The van der Waals surface area contributed by atoms with Gasteiger partial charge in [0.1, 0.15) is 17.3 Å². The molecule has 1 N–H and O–H groups in total. The van der Waals surface area contributed by atoms with Crippen LogP contribution in [0.4, 0.5) is 5.69 Å². The number of hydrogen-bond acceptors (Lipinski definition) is 6. The number of pyridine rings is 1. The number of aliphatic hydroxyl groups is 1. The van der Waals surface area contributed by atoms with Gasteiger partial charge in [0, 0.05) is 23.4 Å². The summed E-state index contributed by atoms with van der Waals surface area (Å²) < 4.78 is 10.8. The summed E-state index contributed by atoms with van der Waals surface area (Å²) in [6, 6.07) is 14.6. The molecule has 3 aromatic rings. The van der Waals surface area contributed by atoms with Gasteiger partial charge in [0.15, 0.2) is 0 Å². The largest absolute Gasteiger partial charge is 0.507 e. The van der Waals surface area contributed by atoms with E-state index in [-0.39, 0.29) is 11.3 Å². The van der Waals surface area contributed by atoms with Crippen molar-refractivity contribution >= 4 is 23.1 Å². The Morgan fingerprint density at radius 3 is 2.41 bits per heavy atom. The van der Waals surface area contributed by atoms with E-state index in [0.717, 1.165) is 5.56 Å². The summed E-state index contributed by atoms with van der Waals surface area (Å²) in [6.45, 7) is 1.92. The van der Waals surface area contributed by atoms with Crippen LogP contribution in [0.3, 0.4) is 0 Å². The molecule has 1 amide bonds. The minimum absolute atomic E-state index is 0.0221. The van der Waals surface area contributed by atoms with Crippen LogP contribution in [0.5, 0.6) is 11.5 Å². The van der Waals surface area contributed by atoms with Crippen molar-refractivity contribution in [2.75, 3.05) is 19.1 Å². The number of anilines is 1. The summed E-state index contributed by atoms with van der Waals surface area (Å²) in [7, 11) is 3.03. The molecular weight excluding hydrogens is 408 g/mol. The van der Waals surface area contributed by atoms with Gasteiger partial charge in [0.05, 0.1) is 37.7 Å². The van der Waals surface area contributed by atoms with Gasteiger partial charge in [-0.2, -0.15) is 0 Å². The van der Waals surface area contributed by atoms with Crippen LogP contribution in [0.1, 0.15) is 22.7 Å². The highest BCUT2D eigenvalue weighted by Gasteiger charge is 2.48. The number of carbonyl (C=O) groups is 2. The van der Waals surface area contributed by atoms with Gasteiger partial charge in [-0.15, -0.1) is 0 Å². The summed E-state index contributed by atoms with van der Waals surface area (Å²) in [5.41, 5.74) is 2.39. The number of Topliss-reactive ketones (excluding diaryl/α,β-unsaturated/α-hetero) is 1. The van der Waals surface area contributed by atoms with Crippen LogP contribution in [0.25, 0.3) is 5.76 Å². The lowest BCUT2D eigenvalue weighted by Gasteiger charge is -2.26. The van der Waals surface area contributed by atoms with Gasteiger partial charge < -0.3 is 14.6 Å². The molecule has 7 nitrogen and oxygen atoms in total. The molecule has 7 heteroatoms. The van der Waals surface area contributed by atoms with Crippen LogP contribution in [0, 0.1) is 6.92 Å². The lowest BCUT2D eigenvalue weighted by atomic mass is 9.94. The first-order valence-corrected chi connectivity index (χ1v) is 9.96. The Morgan fingerprint density at radius 2 is 1.78 bits per heavy atom. The third-order valence-electron chi connectivity index (χ3n) is 5.43. The van der Waals surface area contributed by atoms with Gasteiger partial charge in [0.2, 0.25) is 0 Å². The number of ketones is 1. The van der Waals surface area contributed by atoms with Crippen LogP contribution in [0.15, 0.2) is 72.6 Å². The summed E-state index contributed by atoms with van der Waals surface area (Å²) in [4.78, 5) is 31.8. The number of aryl methyl sites for hydroxylation is 1. The minimum atomic E-state index is -0.915. The average molecular weight is 430 g/mol. The quantitative estimate of drug-likeness (QED) is 0.373. The Balaban J connectivity index is 1.98. The number of carbonyl (C=O) groups excluding carboxylic acids is 2. The van der Waals surface area contributed by atoms with E-state index >= 15 is 0 Å². The molecule has 1 saturated heterocycles. The van der Waals surface area contributed by atoms with E-state index in [1.165, 1.54) is 25.3 Å². The molecule has 1 fully saturated rings. The summed E-state index contributed by atoms with van der Waals surface area (Å²) in [5, 5.41) is 11.2. The molecule has 0 radical (unpaired) electrons. The molecule has 1 atom stereocenters. The third kappa shape index (κ3) is 3.58. The molecule has 4 rings (SSSR count). The number of aromatic nitrogens is 1. The summed E-state index contributed by atoms with van der Waals surface area (Å²) in [6.07, 6.45) is 3.08. The number of benzene rings is 2. The second kappa shape index (κ2) is 8.55. The zero-order valence-electron chi connectivity index (χ0n) is 17.9. The number of aliphatic hydroxyl groups excluding tert-OH is 1. The molecule has 162 valence electrons. The van der Waals surface area contributed by atoms with Crippen molar-refractivity contribution in [3.8, 4) is 11.5 Å². The number of nitrogens with zero attached hydrogens (tertiary/aromatic N) is 2. The third-order valence-corrected chi connectivity index (χ3v) is 5.43. The van der Waals surface area contributed by atoms with E-state index < -0.39 is 17.7 Å². The van der Waals surface area contributed by atoms with E-state index in [9.17, 15) is 14.7 Å². The number of rotatable bonds is 5. The van der Waals surface area contributed by atoms with Crippen LogP contribution in [-0.2, 0) is 9.59 Å². The predicted octanol–water partition coefficient (Wildman–Crippen LogP) is 4.03. The molecule has 0 aliphatic carbocycles. The minimum Gasteiger partial charge on any atom is -0.507 e. The topological polar surface area (TPSA) is 89.0 Å². The maximum absolute atomic E-state index is 13.2. The van der Waals surface area contributed by atoms with Gasteiger partial charge in [-0.25, -0.2) is 0 Å². The molecule has 1 aromatic heterocycles. The van der Waals surface area contributed by atoms with Crippen LogP contribution in [0.2, 0.25) is 0 Å². The molecule has 2 aromatic carbocycles. The zero-order valence-corrected chi connectivity index (χ0v) is 17.9. The Kier molecular flexibility index (Phi) is 5.64. The Labute approximate surface area is 185 Å². The monoisotopic (exact) mass is 430 g/mol. The standard InChI is InChI=1S/C25H22N2O5/c1-15-6-8-16(9-7-15)23(28)21-22(19-11-10-18(31-2)13-20(19)32-3)27(25(30)24(21)29)17-5-4-12-26-14-17/h4-14,22,28H,1-3H3/t22-/m0/s1. The normalized spacial score (nSPS) is 17.5. The van der Waals surface area contributed by atoms with Gasteiger partial charge in [-0.3, -0.25) is 19.5 Å². The van der Waals surface area contributed by atoms with Crippen molar-refractivity contribution < 1.29 is 24.2 Å². The number of amides is 1. The molecular formula is C25H22N2O5. The predicted molar refractivity (Wildman–Crippen MR) is 120 cm³/mol. The second-order valence-corrected chi connectivity index (χ2v) is 7.35. The van der Waals surface area contributed by atoms with E-state index in [0.29, 0.717) is 28.3 Å². The first kappa shape index (κ1) is 21.1. The van der Waals surface area contributed by atoms with Crippen molar-refractivity contribution in [2.24, 2.45) is 0 Å². The molecule has 0 unspecified atom stereocenters. The lowest BCUT2D eigenvalue weighted by Crippen LogP contribution is -2.29. The molecule has 0 saturated carbocycles. The number of methoxy groups -OCH3 is 2. The van der Waals surface area contributed by atoms with E-state index in [4.69, 9.17) is 9.47 Å². The van der Waals surface area contributed by atoms with Gasteiger partial charge in [0.25, 0.3) is 11.7 Å². The van der Waals surface area contributed by atoms with E-state index in [2.05, 4.69) is 4.98 Å².